The SMILES string of the molecule is COC(=O)[C@H]1Cc2[nH]c3ccccc3c2[C@@H](c2c(CO)cnc(C)c2O)N1. The molecule has 0 fully saturated rings. The van der Waals surface area contributed by atoms with Crippen molar-refractivity contribution in [3.63, 3.8) is 0 Å². The van der Waals surface area contributed by atoms with Gasteiger partial charge in [0.1, 0.15) is 11.8 Å². The zero-order chi connectivity index (χ0) is 19.1. The quantitative estimate of drug-likeness (QED) is 0.526. The number of para-hydroxylation sites is 1. The van der Waals surface area contributed by atoms with Gasteiger partial charge in [-0.15, -0.1) is 0 Å². The number of carbonyl (C=O) groups is 1. The molecule has 27 heavy (non-hydrogen) atoms. The first-order valence-corrected chi connectivity index (χ1v) is 8.76. The molecule has 0 bridgehead atoms. The van der Waals surface area contributed by atoms with Crippen LogP contribution >= 0.6 is 0 Å². The lowest BCUT2D eigenvalue weighted by atomic mass is 9.87. The first-order valence-electron chi connectivity index (χ1n) is 8.76. The Hall–Kier alpha value is -2.90. The number of aliphatic hydroxyl groups is 1. The van der Waals surface area contributed by atoms with E-state index in [4.69, 9.17) is 4.74 Å². The minimum Gasteiger partial charge on any atom is -0.506 e. The number of carbonyl (C=O) groups excluding carboxylic acids is 1. The first-order chi connectivity index (χ1) is 13.0. The molecule has 3 aromatic rings. The number of hydrogen-bond donors (Lipinski definition) is 4. The monoisotopic (exact) mass is 367 g/mol. The van der Waals surface area contributed by atoms with E-state index >= 15 is 0 Å². The van der Waals surface area contributed by atoms with Gasteiger partial charge in [0, 0.05) is 45.9 Å². The Morgan fingerprint density at radius 1 is 1.33 bits per heavy atom. The number of ether oxygens (including phenoxy) is 1. The van der Waals surface area contributed by atoms with E-state index in [1.165, 1.54) is 7.11 Å². The van der Waals surface area contributed by atoms with Gasteiger partial charge in [-0.1, -0.05) is 18.2 Å². The summed E-state index contributed by atoms with van der Waals surface area (Å²) in [5.41, 5.74) is 4.33. The number of benzene rings is 1. The third kappa shape index (κ3) is 2.75. The second-order valence-electron chi connectivity index (χ2n) is 6.73. The van der Waals surface area contributed by atoms with Crippen molar-refractivity contribution in [3.05, 3.63) is 58.5 Å². The summed E-state index contributed by atoms with van der Waals surface area (Å²) in [7, 11) is 1.35. The molecule has 2 atom stereocenters. The highest BCUT2D eigenvalue weighted by Gasteiger charge is 2.37. The number of aromatic amines is 1. The highest BCUT2D eigenvalue weighted by Crippen LogP contribution is 2.41. The fourth-order valence-corrected chi connectivity index (χ4v) is 3.88. The van der Waals surface area contributed by atoms with Crippen LogP contribution in [0.4, 0.5) is 0 Å². The number of esters is 1. The second kappa shape index (κ2) is 6.68. The van der Waals surface area contributed by atoms with Crippen molar-refractivity contribution in [1.29, 1.82) is 0 Å². The van der Waals surface area contributed by atoms with Gasteiger partial charge >= 0.3 is 5.97 Å². The molecule has 0 saturated carbocycles. The number of rotatable bonds is 3. The maximum absolute atomic E-state index is 12.3. The first kappa shape index (κ1) is 17.5. The van der Waals surface area contributed by atoms with Crippen LogP contribution < -0.4 is 5.32 Å². The fourth-order valence-electron chi connectivity index (χ4n) is 3.88. The Morgan fingerprint density at radius 3 is 2.85 bits per heavy atom. The number of aromatic hydroxyl groups is 1. The minimum absolute atomic E-state index is 0.0146. The van der Waals surface area contributed by atoms with Gasteiger partial charge in [-0.05, 0) is 13.0 Å². The van der Waals surface area contributed by atoms with Crippen LogP contribution in [0.5, 0.6) is 5.75 Å². The van der Waals surface area contributed by atoms with Crippen LogP contribution in [0.15, 0.2) is 30.5 Å². The molecule has 3 heterocycles. The van der Waals surface area contributed by atoms with Gasteiger partial charge in [-0.3, -0.25) is 15.1 Å². The molecule has 1 aliphatic rings. The Bertz CT molecular complexity index is 1030. The highest BCUT2D eigenvalue weighted by molar-refractivity contribution is 5.87. The van der Waals surface area contributed by atoms with Gasteiger partial charge in [0.05, 0.1) is 25.5 Å². The van der Waals surface area contributed by atoms with E-state index in [1.807, 2.05) is 24.3 Å². The average molecular weight is 367 g/mol. The molecule has 0 saturated heterocycles. The molecule has 0 aliphatic carbocycles. The average Bonchev–Trinajstić information content (AvgIpc) is 3.07. The van der Waals surface area contributed by atoms with Crippen LogP contribution in [-0.2, 0) is 22.6 Å². The van der Waals surface area contributed by atoms with Crippen molar-refractivity contribution in [3.8, 4) is 5.75 Å². The van der Waals surface area contributed by atoms with Crippen molar-refractivity contribution in [1.82, 2.24) is 15.3 Å². The topological polar surface area (TPSA) is 107 Å². The van der Waals surface area contributed by atoms with Crippen molar-refractivity contribution in [2.45, 2.75) is 32.0 Å². The summed E-state index contributed by atoms with van der Waals surface area (Å²) in [5.74, 6) is -0.360. The molecule has 2 aromatic heterocycles. The number of hydrogen-bond acceptors (Lipinski definition) is 6. The number of fused-ring (bicyclic) bond motifs is 3. The molecule has 1 aromatic carbocycles. The predicted octanol–water partition coefficient (Wildman–Crippen LogP) is 1.85. The van der Waals surface area contributed by atoms with E-state index < -0.39 is 12.1 Å². The second-order valence-corrected chi connectivity index (χ2v) is 6.73. The number of H-pyrrole nitrogens is 1. The third-order valence-corrected chi connectivity index (χ3v) is 5.20. The van der Waals surface area contributed by atoms with Crippen molar-refractivity contribution >= 4 is 16.9 Å². The van der Waals surface area contributed by atoms with Gasteiger partial charge in [0.2, 0.25) is 0 Å². The molecule has 7 nitrogen and oxygen atoms in total. The van der Waals surface area contributed by atoms with Gasteiger partial charge in [0.15, 0.2) is 0 Å². The Morgan fingerprint density at radius 2 is 2.11 bits per heavy atom. The minimum atomic E-state index is -0.569. The van der Waals surface area contributed by atoms with E-state index in [2.05, 4.69) is 15.3 Å². The molecule has 0 unspecified atom stereocenters. The molecule has 0 spiro atoms. The Labute approximate surface area is 156 Å². The summed E-state index contributed by atoms with van der Waals surface area (Å²) in [6, 6.07) is 6.81. The largest absolute Gasteiger partial charge is 0.506 e. The molecule has 7 heteroatoms. The summed E-state index contributed by atoms with van der Waals surface area (Å²) in [5, 5.41) is 24.9. The number of methoxy groups -OCH3 is 1. The zero-order valence-corrected chi connectivity index (χ0v) is 15.1. The van der Waals surface area contributed by atoms with Crippen LogP contribution in [0.25, 0.3) is 10.9 Å². The summed E-state index contributed by atoms with van der Waals surface area (Å²) in [4.78, 5) is 19.8. The number of aromatic nitrogens is 2. The molecule has 1 aliphatic heterocycles. The summed E-state index contributed by atoms with van der Waals surface area (Å²) in [6.45, 7) is 1.44. The van der Waals surface area contributed by atoms with Crippen LogP contribution in [0.1, 0.15) is 34.1 Å². The van der Waals surface area contributed by atoms with Crippen molar-refractivity contribution in [2.75, 3.05) is 7.11 Å². The number of aryl methyl sites for hydroxylation is 1. The van der Waals surface area contributed by atoms with E-state index in [-0.39, 0.29) is 18.3 Å². The van der Waals surface area contributed by atoms with Crippen LogP contribution in [0, 0.1) is 6.92 Å². The molecular formula is C20H21N3O4. The summed E-state index contributed by atoms with van der Waals surface area (Å²) in [6.07, 6.45) is 2.01. The smallest absolute Gasteiger partial charge is 0.323 e. The van der Waals surface area contributed by atoms with Crippen LogP contribution in [-0.4, -0.2) is 39.3 Å². The third-order valence-electron chi connectivity index (χ3n) is 5.20. The highest BCUT2D eigenvalue weighted by atomic mass is 16.5. The van der Waals surface area contributed by atoms with Crippen molar-refractivity contribution in [2.24, 2.45) is 0 Å². The number of nitrogens with one attached hydrogen (secondary N) is 2. The lowest BCUT2D eigenvalue weighted by Gasteiger charge is -2.32. The number of pyridine rings is 1. The lowest BCUT2D eigenvalue weighted by molar-refractivity contribution is -0.143. The molecule has 0 amide bonds. The standard InChI is InChI=1S/C20H21N3O4/c1-10-19(25)16(11(9-24)8-21-10)18-17-12-5-3-4-6-13(12)22-14(17)7-15(23-18)20(26)27-2/h3-6,8,15,18,22-25H,7,9H2,1-2H3/t15-,18-/m1/s1. The fraction of sp³-hybridized carbons (Fsp3) is 0.300. The maximum atomic E-state index is 12.3. The van der Waals surface area contributed by atoms with E-state index in [0.29, 0.717) is 23.2 Å². The maximum Gasteiger partial charge on any atom is 0.323 e. The Kier molecular flexibility index (Phi) is 4.33. The Balaban J connectivity index is 1.97. The van der Waals surface area contributed by atoms with Crippen LogP contribution in [0.3, 0.4) is 0 Å². The molecule has 4 N–H and O–H groups in total. The molecule has 140 valence electrons. The van der Waals surface area contributed by atoms with Gasteiger partial charge in [-0.2, -0.15) is 0 Å². The van der Waals surface area contributed by atoms with Gasteiger partial charge in [-0.25, -0.2) is 0 Å². The van der Waals surface area contributed by atoms with Crippen LogP contribution in [0.2, 0.25) is 0 Å². The van der Waals surface area contributed by atoms with Gasteiger partial charge in [0.25, 0.3) is 0 Å². The van der Waals surface area contributed by atoms with E-state index in [0.717, 1.165) is 22.2 Å². The molecule has 0 radical (unpaired) electrons. The van der Waals surface area contributed by atoms with E-state index in [1.54, 1.807) is 13.1 Å². The molecule has 4 rings (SSSR count). The van der Waals surface area contributed by atoms with E-state index in [9.17, 15) is 15.0 Å². The zero-order valence-electron chi connectivity index (χ0n) is 15.1. The summed E-state index contributed by atoms with van der Waals surface area (Å²) < 4.78 is 4.93. The molecular weight excluding hydrogens is 346 g/mol. The van der Waals surface area contributed by atoms with Gasteiger partial charge < -0.3 is 19.9 Å². The summed E-state index contributed by atoms with van der Waals surface area (Å²) >= 11 is 0. The lowest BCUT2D eigenvalue weighted by Crippen LogP contribution is -2.45. The van der Waals surface area contributed by atoms with Crippen molar-refractivity contribution < 1.29 is 19.7 Å². The predicted molar refractivity (Wildman–Crippen MR) is 99.3 cm³/mol. The number of aliphatic hydroxyl groups excluding tert-OH is 1. The number of nitrogens with zero attached hydrogens (tertiary/aromatic N) is 1. The normalized spacial score (nSPS) is 19.1.